The van der Waals surface area contributed by atoms with Gasteiger partial charge in [-0.3, -0.25) is 14.5 Å². The van der Waals surface area contributed by atoms with Crippen molar-refractivity contribution in [2.24, 2.45) is 0 Å². The molecule has 1 fully saturated rings. The van der Waals surface area contributed by atoms with Crippen LogP contribution in [0.25, 0.3) is 17.4 Å². The summed E-state index contributed by atoms with van der Waals surface area (Å²) in [6.07, 6.45) is 1.40. The smallest absolute Gasteiger partial charge is 0.293 e. The molecule has 0 saturated carbocycles. The fourth-order valence-electron chi connectivity index (χ4n) is 2.85. The largest absolute Gasteiger partial charge is 0.457 e. The average molecular weight is 466 g/mol. The van der Waals surface area contributed by atoms with Crippen LogP contribution in [-0.4, -0.2) is 16.0 Å². The first-order valence-electron chi connectivity index (χ1n) is 8.56. The summed E-state index contributed by atoms with van der Waals surface area (Å²) in [5.41, 5.74) is 0.665. The lowest BCUT2D eigenvalue weighted by molar-refractivity contribution is -0.123. The second-order valence-electron chi connectivity index (χ2n) is 6.33. The van der Waals surface area contributed by atoms with Gasteiger partial charge in [0.15, 0.2) is 0 Å². The van der Waals surface area contributed by atoms with Crippen LogP contribution in [0.5, 0.6) is 0 Å². The highest BCUT2D eigenvalue weighted by atomic mass is 35.5. The summed E-state index contributed by atoms with van der Waals surface area (Å²) in [5, 5.41) is 0.347. The molecule has 0 unspecified atom stereocenters. The monoisotopic (exact) mass is 465 g/mol. The maximum Gasteiger partial charge on any atom is 0.293 e. The van der Waals surface area contributed by atoms with E-state index in [4.69, 9.17) is 27.6 Å². The Hall–Kier alpha value is -2.61. The Bertz CT molecular complexity index is 1210. The number of amides is 2. The number of thioether (sulfide) groups is 1. The molecule has 30 heavy (non-hydrogen) atoms. The lowest BCUT2D eigenvalue weighted by Gasteiger charge is -2.13. The van der Waals surface area contributed by atoms with E-state index in [0.717, 1.165) is 28.8 Å². The van der Waals surface area contributed by atoms with Crippen molar-refractivity contribution in [3.05, 3.63) is 86.4 Å². The van der Waals surface area contributed by atoms with E-state index in [2.05, 4.69) is 0 Å². The molecule has 152 valence electrons. The van der Waals surface area contributed by atoms with Gasteiger partial charge in [0.1, 0.15) is 23.2 Å². The number of halogens is 4. The van der Waals surface area contributed by atoms with Gasteiger partial charge in [-0.1, -0.05) is 29.3 Å². The van der Waals surface area contributed by atoms with Crippen molar-refractivity contribution >= 4 is 52.2 Å². The molecule has 3 aromatic rings. The first-order chi connectivity index (χ1) is 14.3. The maximum absolute atomic E-state index is 13.9. The van der Waals surface area contributed by atoms with E-state index in [9.17, 15) is 18.4 Å². The van der Waals surface area contributed by atoms with Gasteiger partial charge in [0.25, 0.3) is 11.1 Å². The zero-order valence-corrected chi connectivity index (χ0v) is 17.3. The number of imide groups is 1. The van der Waals surface area contributed by atoms with Crippen molar-refractivity contribution in [3.63, 3.8) is 0 Å². The Morgan fingerprint density at radius 1 is 1.03 bits per heavy atom. The lowest BCUT2D eigenvalue weighted by Crippen LogP contribution is -2.27. The van der Waals surface area contributed by atoms with Gasteiger partial charge in [0.2, 0.25) is 0 Å². The minimum Gasteiger partial charge on any atom is -0.457 e. The predicted molar refractivity (Wildman–Crippen MR) is 112 cm³/mol. The van der Waals surface area contributed by atoms with Gasteiger partial charge >= 0.3 is 0 Å². The second kappa shape index (κ2) is 8.26. The minimum atomic E-state index is -0.768. The van der Waals surface area contributed by atoms with Crippen LogP contribution in [0, 0.1) is 11.6 Å². The van der Waals surface area contributed by atoms with Crippen molar-refractivity contribution < 1.29 is 22.8 Å². The quantitative estimate of drug-likeness (QED) is 0.399. The Morgan fingerprint density at radius 3 is 2.57 bits per heavy atom. The minimum absolute atomic E-state index is 0.00219. The summed E-state index contributed by atoms with van der Waals surface area (Å²) in [4.78, 5) is 26.2. The Kier molecular flexibility index (Phi) is 5.69. The highest BCUT2D eigenvalue weighted by Gasteiger charge is 2.35. The zero-order valence-electron chi connectivity index (χ0n) is 15.0. The molecule has 0 spiro atoms. The van der Waals surface area contributed by atoms with Gasteiger partial charge in [0.05, 0.1) is 17.0 Å². The molecule has 4 rings (SSSR count). The highest BCUT2D eigenvalue weighted by molar-refractivity contribution is 8.18. The molecule has 0 N–H and O–H groups in total. The molecule has 4 nitrogen and oxygen atoms in total. The summed E-state index contributed by atoms with van der Waals surface area (Å²) >= 11 is 12.8. The summed E-state index contributed by atoms with van der Waals surface area (Å²) in [6.45, 7) is 0.00219. The molecule has 2 heterocycles. The zero-order chi connectivity index (χ0) is 21.4. The average Bonchev–Trinajstić information content (AvgIpc) is 3.24. The third-order valence-electron chi connectivity index (χ3n) is 4.31. The van der Waals surface area contributed by atoms with E-state index in [1.54, 1.807) is 12.1 Å². The van der Waals surface area contributed by atoms with Crippen LogP contribution in [0.4, 0.5) is 13.6 Å². The molecular weight excluding hydrogens is 455 g/mol. The summed E-state index contributed by atoms with van der Waals surface area (Å²) in [6, 6.07) is 11.0. The van der Waals surface area contributed by atoms with E-state index >= 15 is 0 Å². The highest BCUT2D eigenvalue weighted by Crippen LogP contribution is 2.35. The normalized spacial score (nSPS) is 15.5. The first-order valence-corrected chi connectivity index (χ1v) is 10.1. The van der Waals surface area contributed by atoms with Crippen molar-refractivity contribution in [1.82, 2.24) is 4.90 Å². The maximum atomic E-state index is 13.9. The van der Waals surface area contributed by atoms with E-state index < -0.39 is 22.8 Å². The van der Waals surface area contributed by atoms with E-state index in [1.807, 2.05) is 0 Å². The van der Waals surface area contributed by atoms with Gasteiger partial charge in [-0.15, -0.1) is 0 Å². The summed E-state index contributed by atoms with van der Waals surface area (Å²) < 4.78 is 32.6. The number of hydrogen-bond acceptors (Lipinski definition) is 4. The molecule has 1 aromatic heterocycles. The Morgan fingerprint density at radius 2 is 1.83 bits per heavy atom. The second-order valence-corrected chi connectivity index (χ2v) is 8.17. The van der Waals surface area contributed by atoms with Crippen LogP contribution < -0.4 is 0 Å². The lowest BCUT2D eigenvalue weighted by atomic mass is 10.1. The molecule has 1 aliphatic heterocycles. The van der Waals surface area contributed by atoms with Crippen LogP contribution in [-0.2, 0) is 11.3 Å². The van der Waals surface area contributed by atoms with Gasteiger partial charge in [0, 0.05) is 22.2 Å². The molecule has 0 bridgehead atoms. The Labute approximate surface area is 184 Å². The molecule has 1 saturated heterocycles. The molecule has 0 aliphatic carbocycles. The van der Waals surface area contributed by atoms with Crippen LogP contribution in [0.3, 0.4) is 0 Å². The number of carbonyl (C=O) groups excluding carboxylic acids is 2. The number of hydrogen-bond donors (Lipinski definition) is 0. The first kappa shape index (κ1) is 20.7. The van der Waals surface area contributed by atoms with Crippen molar-refractivity contribution in [2.45, 2.75) is 6.54 Å². The van der Waals surface area contributed by atoms with Crippen LogP contribution in [0.15, 0.2) is 57.9 Å². The molecule has 2 aromatic carbocycles. The predicted octanol–water partition coefficient (Wildman–Crippen LogP) is 6.77. The number of carbonyl (C=O) groups is 2. The fourth-order valence-corrected chi connectivity index (χ4v) is 4.14. The SMILES string of the molecule is O=C1S/C(=C/c2ccc(-c3ccc(F)cc3F)o2)C(=O)N1Cc1ccc(Cl)cc1Cl. The van der Waals surface area contributed by atoms with Crippen molar-refractivity contribution in [2.75, 3.05) is 0 Å². The molecule has 9 heteroatoms. The number of benzene rings is 2. The summed E-state index contributed by atoms with van der Waals surface area (Å²) in [7, 11) is 0. The van der Waals surface area contributed by atoms with E-state index in [1.165, 1.54) is 30.3 Å². The van der Waals surface area contributed by atoms with Gasteiger partial charge < -0.3 is 4.42 Å². The molecule has 1 aliphatic rings. The van der Waals surface area contributed by atoms with Gasteiger partial charge in [-0.05, 0) is 53.7 Å². The third-order valence-corrected chi connectivity index (χ3v) is 5.81. The standard InChI is InChI=1S/C21H11Cl2F2NO3S/c22-12-2-1-11(16(23)7-12)10-26-20(27)19(30-21(26)28)9-14-4-6-18(29-14)15-5-3-13(24)8-17(15)25/h1-9H,10H2/b19-9+. The molecule has 0 radical (unpaired) electrons. The third kappa shape index (κ3) is 4.14. The topological polar surface area (TPSA) is 50.5 Å². The van der Waals surface area contributed by atoms with Crippen LogP contribution in [0.1, 0.15) is 11.3 Å². The van der Waals surface area contributed by atoms with Crippen molar-refractivity contribution in [1.29, 1.82) is 0 Å². The number of nitrogens with zero attached hydrogens (tertiary/aromatic N) is 1. The molecule has 0 atom stereocenters. The molecular formula is C21H11Cl2F2NO3S. The van der Waals surface area contributed by atoms with E-state index in [0.29, 0.717) is 15.6 Å². The van der Waals surface area contributed by atoms with E-state index in [-0.39, 0.29) is 28.5 Å². The van der Waals surface area contributed by atoms with Crippen LogP contribution in [0.2, 0.25) is 10.0 Å². The molecule has 2 amide bonds. The van der Waals surface area contributed by atoms with Crippen LogP contribution >= 0.6 is 35.0 Å². The van der Waals surface area contributed by atoms with Gasteiger partial charge in [-0.25, -0.2) is 8.78 Å². The van der Waals surface area contributed by atoms with Crippen molar-refractivity contribution in [3.8, 4) is 11.3 Å². The number of rotatable bonds is 4. The summed E-state index contributed by atoms with van der Waals surface area (Å²) in [5.74, 6) is -1.54. The fraction of sp³-hybridized carbons (Fsp3) is 0.0476. The number of furan rings is 1. The Balaban J connectivity index is 1.56. The van der Waals surface area contributed by atoms with Gasteiger partial charge in [-0.2, -0.15) is 0 Å².